The molecule has 1 N–H and O–H groups in total. The largest absolute Gasteiger partial charge is 0.339 e. The van der Waals surface area contributed by atoms with Crippen molar-refractivity contribution in [1.82, 2.24) is 4.90 Å². The Kier molecular flexibility index (Phi) is 5.44. The Balaban J connectivity index is 2.17. The van der Waals surface area contributed by atoms with Crippen molar-refractivity contribution in [2.45, 2.75) is 31.6 Å². The van der Waals surface area contributed by atoms with Gasteiger partial charge in [0.1, 0.15) is 0 Å². The van der Waals surface area contributed by atoms with Gasteiger partial charge >= 0.3 is 0 Å². The average molecular weight is 304 g/mol. The molecule has 5 heteroatoms. The summed E-state index contributed by atoms with van der Waals surface area (Å²) in [6.45, 7) is 5.53. The Morgan fingerprint density at radius 1 is 1.24 bits per heavy atom. The molecule has 21 heavy (non-hydrogen) atoms. The Bertz CT molecular complexity index is 563. The number of hydrogen-bond acceptors (Lipinski definition) is 3. The third-order valence-corrected chi connectivity index (χ3v) is 4.23. The first-order valence-corrected chi connectivity index (χ1v) is 8.06. The summed E-state index contributed by atoms with van der Waals surface area (Å²) in [7, 11) is 0. The predicted octanol–water partition coefficient (Wildman–Crippen LogP) is 3.26. The first kappa shape index (κ1) is 15.6. The number of thioether (sulfide) groups is 1. The monoisotopic (exact) mass is 304 g/mol. The van der Waals surface area contributed by atoms with E-state index in [2.05, 4.69) is 5.32 Å². The first-order valence-electron chi connectivity index (χ1n) is 7.24. The Morgan fingerprint density at radius 2 is 1.90 bits per heavy atom. The molecule has 1 aromatic carbocycles. The number of fused-ring (bicyclic) bond motifs is 1. The first-order chi connectivity index (χ1) is 10.2. The maximum atomic E-state index is 12.3. The molecule has 0 spiro atoms. The fourth-order valence-corrected chi connectivity index (χ4v) is 3.09. The molecule has 0 atom stereocenters. The number of para-hydroxylation sites is 1. The van der Waals surface area contributed by atoms with Crippen molar-refractivity contribution >= 4 is 29.3 Å². The minimum atomic E-state index is -0.208. The molecule has 0 radical (unpaired) electrons. The molecule has 0 saturated carbocycles. The highest BCUT2D eigenvalue weighted by atomic mass is 32.2. The number of rotatable bonds is 5. The van der Waals surface area contributed by atoms with Crippen molar-refractivity contribution in [2.24, 2.45) is 0 Å². The number of carbonyl (C=O) groups is 2. The fraction of sp³-hybridized carbons (Fsp3) is 0.375. The number of nitrogens with zero attached hydrogens (tertiary/aromatic N) is 1. The third-order valence-electron chi connectivity index (χ3n) is 3.13. The zero-order valence-electron chi connectivity index (χ0n) is 12.4. The van der Waals surface area contributed by atoms with Gasteiger partial charge in [-0.25, -0.2) is 0 Å². The molecular weight excluding hydrogens is 284 g/mol. The molecule has 0 aliphatic carbocycles. The van der Waals surface area contributed by atoms with Crippen LogP contribution in [0.4, 0.5) is 5.69 Å². The zero-order chi connectivity index (χ0) is 15.2. The number of anilines is 1. The van der Waals surface area contributed by atoms with Gasteiger partial charge in [0.25, 0.3) is 5.91 Å². The maximum absolute atomic E-state index is 12.3. The molecule has 112 valence electrons. The third kappa shape index (κ3) is 3.88. The number of nitrogens with one attached hydrogen (secondary N) is 1. The Labute approximate surface area is 129 Å². The minimum absolute atomic E-state index is 0.0873. The number of hydrogen-bond donors (Lipinski definition) is 1. The van der Waals surface area contributed by atoms with Gasteiger partial charge in [-0.3, -0.25) is 9.59 Å². The summed E-state index contributed by atoms with van der Waals surface area (Å²) in [6.07, 6.45) is 3.29. The van der Waals surface area contributed by atoms with E-state index in [4.69, 9.17) is 0 Å². The molecule has 0 saturated heterocycles. The summed E-state index contributed by atoms with van der Waals surface area (Å²) < 4.78 is 0. The van der Waals surface area contributed by atoms with E-state index in [0.29, 0.717) is 4.91 Å². The Hall–Kier alpha value is -1.75. The van der Waals surface area contributed by atoms with Crippen molar-refractivity contribution in [2.75, 3.05) is 18.4 Å². The van der Waals surface area contributed by atoms with Gasteiger partial charge in [0.05, 0.1) is 10.6 Å². The van der Waals surface area contributed by atoms with Crippen LogP contribution < -0.4 is 5.32 Å². The fourth-order valence-electron chi connectivity index (χ4n) is 2.18. The highest BCUT2D eigenvalue weighted by Gasteiger charge is 2.22. The van der Waals surface area contributed by atoms with Crippen LogP contribution in [0.2, 0.25) is 0 Å². The molecule has 1 aliphatic rings. The lowest BCUT2D eigenvalue weighted by Gasteiger charge is -2.22. The van der Waals surface area contributed by atoms with Crippen LogP contribution in [0.5, 0.6) is 0 Å². The predicted molar refractivity (Wildman–Crippen MR) is 86.2 cm³/mol. The molecule has 1 heterocycles. The van der Waals surface area contributed by atoms with E-state index in [1.165, 1.54) is 17.8 Å². The van der Waals surface area contributed by atoms with Crippen molar-refractivity contribution in [1.29, 1.82) is 0 Å². The number of carbonyl (C=O) groups excluding carboxylic acids is 2. The second-order valence-corrected chi connectivity index (χ2v) is 5.97. The van der Waals surface area contributed by atoms with Gasteiger partial charge < -0.3 is 10.2 Å². The smallest absolute Gasteiger partial charge is 0.262 e. The van der Waals surface area contributed by atoms with E-state index in [1.54, 1.807) is 4.90 Å². The van der Waals surface area contributed by atoms with Crippen LogP contribution >= 0.6 is 11.8 Å². The Morgan fingerprint density at radius 3 is 2.57 bits per heavy atom. The molecule has 0 bridgehead atoms. The topological polar surface area (TPSA) is 49.4 Å². The molecule has 0 fully saturated rings. The van der Waals surface area contributed by atoms with Crippen LogP contribution in [0.25, 0.3) is 0 Å². The summed E-state index contributed by atoms with van der Waals surface area (Å²) in [5.41, 5.74) is 0.802. The maximum Gasteiger partial charge on any atom is 0.262 e. The summed E-state index contributed by atoms with van der Waals surface area (Å²) in [5, 5.41) is 2.82. The lowest BCUT2D eigenvalue weighted by Crippen LogP contribution is -2.32. The lowest BCUT2D eigenvalue weighted by atomic mass is 10.3. The van der Waals surface area contributed by atoms with Crippen LogP contribution in [0.3, 0.4) is 0 Å². The summed E-state index contributed by atoms with van der Waals surface area (Å²) in [6, 6.07) is 7.60. The van der Waals surface area contributed by atoms with Crippen LogP contribution in [0, 0.1) is 0 Å². The second kappa shape index (κ2) is 7.31. The van der Waals surface area contributed by atoms with Crippen molar-refractivity contribution in [3.63, 3.8) is 0 Å². The van der Waals surface area contributed by atoms with Gasteiger partial charge in [-0.05, 0) is 25.0 Å². The van der Waals surface area contributed by atoms with E-state index in [-0.39, 0.29) is 11.8 Å². The van der Waals surface area contributed by atoms with Crippen LogP contribution in [0.15, 0.2) is 40.1 Å². The molecule has 0 unspecified atom stereocenters. The van der Waals surface area contributed by atoms with Crippen LogP contribution in [-0.4, -0.2) is 29.8 Å². The molecule has 0 aromatic heterocycles. The summed E-state index contributed by atoms with van der Waals surface area (Å²) >= 11 is 1.35. The van der Waals surface area contributed by atoms with Crippen molar-refractivity contribution in [3.05, 3.63) is 35.2 Å². The van der Waals surface area contributed by atoms with Crippen molar-refractivity contribution < 1.29 is 9.59 Å². The zero-order valence-corrected chi connectivity index (χ0v) is 13.2. The van der Waals surface area contributed by atoms with Gasteiger partial charge in [-0.1, -0.05) is 37.7 Å². The number of amides is 2. The van der Waals surface area contributed by atoms with E-state index < -0.39 is 0 Å². The van der Waals surface area contributed by atoms with Gasteiger partial charge in [0, 0.05) is 24.1 Å². The standard InChI is InChI=1S/C16H20N2O2S/c1-3-9-18(10-4-2)15(19)11-14-16(20)17-12-7-5-6-8-13(12)21-14/h5-8,11H,3-4,9-10H2,1-2H3,(H,17,20)/b14-11-. The van der Waals surface area contributed by atoms with E-state index >= 15 is 0 Å². The van der Waals surface area contributed by atoms with Crippen LogP contribution in [0.1, 0.15) is 26.7 Å². The molecular formula is C16H20N2O2S. The van der Waals surface area contributed by atoms with Gasteiger partial charge in [0.2, 0.25) is 5.91 Å². The molecule has 1 aliphatic heterocycles. The highest BCUT2D eigenvalue weighted by Crippen LogP contribution is 2.37. The van der Waals surface area contributed by atoms with E-state index in [1.807, 2.05) is 38.1 Å². The molecule has 1 aromatic rings. The highest BCUT2D eigenvalue weighted by molar-refractivity contribution is 8.04. The number of benzene rings is 1. The molecule has 2 rings (SSSR count). The van der Waals surface area contributed by atoms with E-state index in [0.717, 1.165) is 36.5 Å². The summed E-state index contributed by atoms with van der Waals surface area (Å²) in [4.78, 5) is 27.6. The molecule has 4 nitrogen and oxygen atoms in total. The van der Waals surface area contributed by atoms with Crippen molar-refractivity contribution in [3.8, 4) is 0 Å². The lowest BCUT2D eigenvalue weighted by molar-refractivity contribution is -0.126. The average Bonchev–Trinajstić information content (AvgIpc) is 2.47. The second-order valence-electron chi connectivity index (χ2n) is 4.89. The van der Waals surface area contributed by atoms with E-state index in [9.17, 15) is 9.59 Å². The quantitative estimate of drug-likeness (QED) is 0.849. The van der Waals surface area contributed by atoms with Gasteiger partial charge in [-0.2, -0.15) is 0 Å². The molecule has 2 amide bonds. The van der Waals surface area contributed by atoms with Gasteiger partial charge in [-0.15, -0.1) is 0 Å². The van der Waals surface area contributed by atoms with Gasteiger partial charge in [0.15, 0.2) is 0 Å². The van der Waals surface area contributed by atoms with Crippen LogP contribution in [-0.2, 0) is 9.59 Å². The minimum Gasteiger partial charge on any atom is -0.339 e. The normalized spacial score (nSPS) is 15.5. The SMILES string of the molecule is CCCN(CCC)C(=O)/C=C1\Sc2ccccc2NC1=O. The summed E-state index contributed by atoms with van der Waals surface area (Å²) in [5.74, 6) is -0.296.